The predicted octanol–water partition coefficient (Wildman–Crippen LogP) is 5.84. The van der Waals surface area contributed by atoms with Crippen LogP contribution in [0.1, 0.15) is 48.9 Å². The number of allylic oxidation sites excluding steroid dienone is 1. The molecule has 0 spiro atoms. The van der Waals surface area contributed by atoms with Gasteiger partial charge < -0.3 is 24.7 Å². The van der Waals surface area contributed by atoms with Crippen LogP contribution in [0.4, 0.5) is 0 Å². The van der Waals surface area contributed by atoms with Crippen molar-refractivity contribution < 1.29 is 23.7 Å². The van der Waals surface area contributed by atoms with Gasteiger partial charge in [0.05, 0.1) is 20.1 Å². The zero-order valence-corrected chi connectivity index (χ0v) is 22.1. The summed E-state index contributed by atoms with van der Waals surface area (Å²) in [6, 6.07) is 20.6. The lowest BCUT2D eigenvalue weighted by molar-refractivity contribution is -0.128. The highest BCUT2D eigenvalue weighted by Gasteiger charge is 2.33. The van der Waals surface area contributed by atoms with Crippen molar-refractivity contribution in [1.82, 2.24) is 0 Å². The maximum Gasteiger partial charge on any atom is 0.336 e. The average Bonchev–Trinajstić information content (AvgIpc) is 2.90. The molecule has 0 saturated carbocycles. The zero-order chi connectivity index (χ0) is 27.4. The third-order valence-electron chi connectivity index (χ3n) is 6.34. The molecule has 3 aromatic rings. The fraction of sp³-hybridized carbons (Fsp3) is 0.226. The van der Waals surface area contributed by atoms with E-state index in [0.717, 1.165) is 5.56 Å². The van der Waals surface area contributed by atoms with E-state index in [1.54, 1.807) is 37.5 Å². The zero-order valence-electron chi connectivity index (χ0n) is 22.1. The molecule has 4 rings (SSSR count). The van der Waals surface area contributed by atoms with Gasteiger partial charge in [-0.05, 0) is 34.8 Å². The molecule has 1 unspecified atom stereocenters. The van der Waals surface area contributed by atoms with Crippen LogP contribution < -0.4 is 24.7 Å². The number of hydrogen-bond donors (Lipinski definition) is 1. The molecule has 0 aliphatic carbocycles. The number of rotatable bonds is 6. The van der Waals surface area contributed by atoms with Gasteiger partial charge in [-0.15, -0.1) is 0 Å². The fourth-order valence-electron chi connectivity index (χ4n) is 4.37. The van der Waals surface area contributed by atoms with Gasteiger partial charge in [0.2, 0.25) is 5.88 Å². The van der Waals surface area contributed by atoms with Gasteiger partial charge in [-0.3, -0.25) is 0 Å². The van der Waals surface area contributed by atoms with Gasteiger partial charge in [0.25, 0.3) is 0 Å². The summed E-state index contributed by atoms with van der Waals surface area (Å²) >= 11 is 0. The molecule has 0 amide bonds. The standard InChI is InChI=1S/C31H30N2O5/c1-31(2,3)20-12-9-19(10-13-20)11-16-27(34)37-21-14-15-22-26(17-21)38-30(33)24(18-32)28(22)23-7-6-8-25(35-4)29(23)36-5/h6-17,28H,33H2,1-5H3/b16-11+. The predicted molar refractivity (Wildman–Crippen MR) is 145 cm³/mol. The van der Waals surface area contributed by atoms with Crippen molar-refractivity contribution in [3.8, 4) is 29.1 Å². The SMILES string of the molecule is COc1cccc(C2C(C#N)=C(N)Oc3cc(OC(=O)/C=C/c4ccc(C(C)(C)C)cc4)ccc32)c1OC. The molecule has 0 radical (unpaired) electrons. The smallest absolute Gasteiger partial charge is 0.336 e. The Morgan fingerprint density at radius 1 is 1.03 bits per heavy atom. The van der Waals surface area contributed by atoms with Crippen LogP contribution in [0.2, 0.25) is 0 Å². The third-order valence-corrected chi connectivity index (χ3v) is 6.34. The number of nitriles is 1. The second-order valence-electron chi connectivity index (χ2n) is 9.83. The summed E-state index contributed by atoms with van der Waals surface area (Å²) in [5.41, 5.74) is 9.91. The molecule has 7 heteroatoms. The highest BCUT2D eigenvalue weighted by atomic mass is 16.5. The number of fused-ring (bicyclic) bond motifs is 1. The highest BCUT2D eigenvalue weighted by Crippen LogP contribution is 2.47. The molecule has 0 bridgehead atoms. The summed E-state index contributed by atoms with van der Waals surface area (Å²) in [5, 5.41) is 9.87. The number of benzene rings is 3. The summed E-state index contributed by atoms with van der Waals surface area (Å²) in [4.78, 5) is 12.5. The lowest BCUT2D eigenvalue weighted by atomic mass is 9.83. The Morgan fingerprint density at radius 3 is 2.39 bits per heavy atom. The first-order valence-corrected chi connectivity index (χ1v) is 12.1. The number of nitrogens with zero attached hydrogens (tertiary/aromatic N) is 1. The van der Waals surface area contributed by atoms with Crippen LogP contribution in [0.3, 0.4) is 0 Å². The molecule has 0 saturated heterocycles. The molecule has 1 atom stereocenters. The van der Waals surface area contributed by atoms with E-state index in [1.165, 1.54) is 18.7 Å². The topological polar surface area (TPSA) is 104 Å². The van der Waals surface area contributed by atoms with Crippen LogP contribution in [-0.4, -0.2) is 20.2 Å². The molecule has 1 aliphatic heterocycles. The number of carbonyl (C=O) groups is 1. The Balaban J connectivity index is 1.60. The lowest BCUT2D eigenvalue weighted by Crippen LogP contribution is -2.21. The molecule has 1 aliphatic rings. The Morgan fingerprint density at radius 2 is 1.76 bits per heavy atom. The largest absolute Gasteiger partial charge is 0.493 e. The molecular formula is C31H30N2O5. The van der Waals surface area contributed by atoms with E-state index in [2.05, 4.69) is 26.8 Å². The Hall–Kier alpha value is -4.70. The van der Waals surface area contributed by atoms with Crippen molar-refractivity contribution in [2.24, 2.45) is 5.73 Å². The van der Waals surface area contributed by atoms with E-state index in [-0.39, 0.29) is 22.6 Å². The number of hydrogen-bond acceptors (Lipinski definition) is 7. The lowest BCUT2D eigenvalue weighted by Gasteiger charge is -2.28. The maximum atomic E-state index is 12.5. The number of nitrogens with two attached hydrogens (primary N) is 1. The third kappa shape index (κ3) is 5.35. The molecular weight excluding hydrogens is 480 g/mol. The van der Waals surface area contributed by atoms with Gasteiger partial charge in [0.15, 0.2) is 11.5 Å². The van der Waals surface area contributed by atoms with Crippen LogP contribution in [-0.2, 0) is 10.2 Å². The number of methoxy groups -OCH3 is 2. The molecule has 2 N–H and O–H groups in total. The summed E-state index contributed by atoms with van der Waals surface area (Å²) in [6.45, 7) is 6.45. The minimum atomic E-state index is -0.561. The summed E-state index contributed by atoms with van der Waals surface area (Å²) in [6.07, 6.45) is 3.08. The minimum absolute atomic E-state index is 0.0306. The molecule has 3 aromatic carbocycles. The number of carbonyl (C=O) groups excluding carboxylic acids is 1. The Kier molecular flexibility index (Phi) is 7.45. The van der Waals surface area contributed by atoms with Crippen LogP contribution in [0.15, 0.2) is 78.2 Å². The first-order valence-electron chi connectivity index (χ1n) is 12.1. The monoisotopic (exact) mass is 510 g/mol. The second-order valence-corrected chi connectivity index (χ2v) is 9.83. The van der Waals surface area contributed by atoms with Crippen LogP contribution in [0.25, 0.3) is 6.08 Å². The van der Waals surface area contributed by atoms with E-state index >= 15 is 0 Å². The highest BCUT2D eigenvalue weighted by molar-refractivity contribution is 5.88. The molecule has 0 fully saturated rings. The van der Waals surface area contributed by atoms with Crippen molar-refractivity contribution in [2.45, 2.75) is 32.1 Å². The van der Waals surface area contributed by atoms with Gasteiger partial charge >= 0.3 is 5.97 Å². The Labute approximate surface area is 222 Å². The average molecular weight is 511 g/mol. The summed E-state index contributed by atoms with van der Waals surface area (Å²) in [7, 11) is 3.08. The first-order chi connectivity index (χ1) is 18.2. The molecule has 7 nitrogen and oxygen atoms in total. The van der Waals surface area contributed by atoms with Crippen molar-refractivity contribution >= 4 is 12.0 Å². The van der Waals surface area contributed by atoms with Crippen LogP contribution in [0.5, 0.6) is 23.0 Å². The number of para-hydroxylation sites is 1. The van der Waals surface area contributed by atoms with Gasteiger partial charge in [0.1, 0.15) is 23.1 Å². The number of ether oxygens (including phenoxy) is 4. The summed E-state index contributed by atoms with van der Waals surface area (Å²) < 4.78 is 22.3. The van der Waals surface area contributed by atoms with Crippen molar-refractivity contribution in [1.29, 1.82) is 5.26 Å². The second kappa shape index (κ2) is 10.7. The quantitative estimate of drug-likeness (QED) is 0.252. The molecule has 1 heterocycles. The van der Waals surface area contributed by atoms with Crippen molar-refractivity contribution in [2.75, 3.05) is 14.2 Å². The van der Waals surface area contributed by atoms with E-state index in [0.29, 0.717) is 28.4 Å². The maximum absolute atomic E-state index is 12.5. The number of esters is 1. The molecule has 0 aromatic heterocycles. The fourth-order valence-corrected chi connectivity index (χ4v) is 4.37. The van der Waals surface area contributed by atoms with E-state index in [4.69, 9.17) is 24.7 Å². The summed E-state index contributed by atoms with van der Waals surface area (Å²) in [5.74, 6) is 0.553. The van der Waals surface area contributed by atoms with E-state index in [9.17, 15) is 10.1 Å². The van der Waals surface area contributed by atoms with Gasteiger partial charge in [0, 0.05) is 23.3 Å². The Bertz CT molecular complexity index is 1460. The van der Waals surface area contributed by atoms with Gasteiger partial charge in [-0.2, -0.15) is 5.26 Å². The van der Waals surface area contributed by atoms with Gasteiger partial charge in [-0.1, -0.05) is 63.2 Å². The normalized spacial score (nSPS) is 14.9. The van der Waals surface area contributed by atoms with Crippen LogP contribution >= 0.6 is 0 Å². The minimum Gasteiger partial charge on any atom is -0.493 e. The van der Waals surface area contributed by atoms with Crippen LogP contribution in [0, 0.1) is 11.3 Å². The molecule has 194 valence electrons. The molecule has 38 heavy (non-hydrogen) atoms. The van der Waals surface area contributed by atoms with Crippen molar-refractivity contribution in [3.63, 3.8) is 0 Å². The van der Waals surface area contributed by atoms with Gasteiger partial charge in [-0.25, -0.2) is 4.79 Å². The van der Waals surface area contributed by atoms with Crippen molar-refractivity contribution in [3.05, 3.63) is 100 Å². The first kappa shape index (κ1) is 26.4. The van der Waals surface area contributed by atoms with E-state index < -0.39 is 11.9 Å². The van der Waals surface area contributed by atoms with E-state index in [1.807, 2.05) is 36.4 Å².